The van der Waals surface area contributed by atoms with Crippen molar-refractivity contribution in [2.24, 2.45) is 5.73 Å². The van der Waals surface area contributed by atoms with Gasteiger partial charge in [0, 0.05) is 32.4 Å². The number of nitrogens with two attached hydrogens (primary N) is 1. The molecular formula is C12H22N6O. The van der Waals surface area contributed by atoms with Crippen molar-refractivity contribution in [3.05, 3.63) is 11.9 Å². The van der Waals surface area contributed by atoms with Crippen LogP contribution in [-0.2, 0) is 17.8 Å². The van der Waals surface area contributed by atoms with Gasteiger partial charge in [-0.1, -0.05) is 5.21 Å². The standard InChI is InChI=1S/C12H22N6O/c1-16-5-7-17(8-6-16)12(19)10-18-9-11(14-15-18)3-2-4-13/h9H,2-8,10,13H2,1H3. The molecule has 2 heterocycles. The number of piperazine rings is 1. The summed E-state index contributed by atoms with van der Waals surface area (Å²) in [6.45, 7) is 4.39. The van der Waals surface area contributed by atoms with E-state index in [4.69, 9.17) is 5.73 Å². The van der Waals surface area contributed by atoms with E-state index in [0.717, 1.165) is 44.7 Å². The van der Waals surface area contributed by atoms with Crippen molar-refractivity contribution in [1.29, 1.82) is 0 Å². The van der Waals surface area contributed by atoms with Crippen molar-refractivity contribution in [1.82, 2.24) is 24.8 Å². The maximum atomic E-state index is 12.1. The molecule has 0 aliphatic carbocycles. The van der Waals surface area contributed by atoms with Gasteiger partial charge >= 0.3 is 0 Å². The van der Waals surface area contributed by atoms with E-state index in [-0.39, 0.29) is 12.5 Å². The molecule has 0 spiro atoms. The van der Waals surface area contributed by atoms with E-state index in [1.807, 2.05) is 11.1 Å². The molecular weight excluding hydrogens is 244 g/mol. The first-order valence-corrected chi connectivity index (χ1v) is 6.74. The summed E-state index contributed by atoms with van der Waals surface area (Å²) in [5.41, 5.74) is 6.35. The molecule has 1 saturated heterocycles. The zero-order valence-electron chi connectivity index (χ0n) is 11.5. The second-order valence-corrected chi connectivity index (χ2v) is 4.98. The Morgan fingerprint density at radius 1 is 1.37 bits per heavy atom. The lowest BCUT2D eigenvalue weighted by Crippen LogP contribution is -2.48. The second-order valence-electron chi connectivity index (χ2n) is 4.98. The Morgan fingerprint density at radius 3 is 2.79 bits per heavy atom. The molecule has 1 aromatic heterocycles. The van der Waals surface area contributed by atoms with Crippen molar-refractivity contribution in [2.75, 3.05) is 39.8 Å². The van der Waals surface area contributed by atoms with Crippen LogP contribution in [0.2, 0.25) is 0 Å². The lowest BCUT2D eigenvalue weighted by atomic mass is 10.2. The minimum absolute atomic E-state index is 0.114. The average molecular weight is 266 g/mol. The van der Waals surface area contributed by atoms with Gasteiger partial charge in [-0.2, -0.15) is 0 Å². The topological polar surface area (TPSA) is 80.3 Å². The molecule has 2 rings (SSSR count). The van der Waals surface area contributed by atoms with Gasteiger partial charge in [-0.25, -0.2) is 4.68 Å². The summed E-state index contributed by atoms with van der Waals surface area (Å²) < 4.78 is 1.62. The number of aryl methyl sites for hydroxylation is 1. The summed E-state index contributed by atoms with van der Waals surface area (Å²) in [4.78, 5) is 16.2. The Labute approximate surface area is 113 Å². The van der Waals surface area contributed by atoms with Gasteiger partial charge in [0.15, 0.2) is 0 Å². The molecule has 0 saturated carbocycles. The molecule has 1 amide bonds. The van der Waals surface area contributed by atoms with Crippen molar-refractivity contribution in [2.45, 2.75) is 19.4 Å². The summed E-state index contributed by atoms with van der Waals surface area (Å²) in [6.07, 6.45) is 3.55. The molecule has 0 atom stereocenters. The first kappa shape index (κ1) is 14.0. The lowest BCUT2D eigenvalue weighted by molar-refractivity contribution is -0.133. The molecule has 1 fully saturated rings. The molecule has 7 nitrogen and oxygen atoms in total. The molecule has 19 heavy (non-hydrogen) atoms. The van der Waals surface area contributed by atoms with Crippen LogP contribution < -0.4 is 5.73 Å². The van der Waals surface area contributed by atoms with Gasteiger partial charge in [-0.3, -0.25) is 4.79 Å². The Bertz CT molecular complexity index is 410. The third kappa shape index (κ3) is 4.00. The number of hydrogen-bond acceptors (Lipinski definition) is 5. The van der Waals surface area contributed by atoms with E-state index in [2.05, 4.69) is 22.3 Å². The summed E-state index contributed by atoms with van der Waals surface area (Å²) in [6, 6.07) is 0. The highest BCUT2D eigenvalue weighted by atomic mass is 16.2. The van der Waals surface area contributed by atoms with E-state index in [9.17, 15) is 4.79 Å². The summed E-state index contributed by atoms with van der Waals surface area (Å²) in [7, 11) is 2.07. The van der Waals surface area contributed by atoms with Gasteiger partial charge in [0.1, 0.15) is 6.54 Å². The number of likely N-dealkylation sites (N-methyl/N-ethyl adjacent to an activating group) is 1. The molecule has 2 N–H and O–H groups in total. The normalized spacial score (nSPS) is 16.8. The van der Waals surface area contributed by atoms with E-state index in [1.54, 1.807) is 4.68 Å². The second kappa shape index (κ2) is 6.63. The van der Waals surface area contributed by atoms with Crippen LogP contribution in [0.1, 0.15) is 12.1 Å². The quantitative estimate of drug-likeness (QED) is 0.735. The summed E-state index contributed by atoms with van der Waals surface area (Å²) in [5.74, 6) is 0.114. The van der Waals surface area contributed by atoms with Gasteiger partial charge in [-0.15, -0.1) is 5.10 Å². The van der Waals surface area contributed by atoms with Gasteiger partial charge in [0.05, 0.1) is 5.69 Å². The number of aromatic nitrogens is 3. The minimum atomic E-state index is 0.114. The molecule has 0 radical (unpaired) electrons. The predicted octanol–water partition coefficient (Wildman–Crippen LogP) is -1.06. The Morgan fingerprint density at radius 2 is 2.11 bits per heavy atom. The molecule has 1 aromatic rings. The van der Waals surface area contributed by atoms with Crippen LogP contribution >= 0.6 is 0 Å². The SMILES string of the molecule is CN1CCN(C(=O)Cn2cc(CCCN)nn2)CC1. The fourth-order valence-electron chi connectivity index (χ4n) is 2.11. The van der Waals surface area contributed by atoms with E-state index >= 15 is 0 Å². The monoisotopic (exact) mass is 266 g/mol. The first-order chi connectivity index (χ1) is 9.19. The minimum Gasteiger partial charge on any atom is -0.339 e. The molecule has 7 heteroatoms. The smallest absolute Gasteiger partial charge is 0.244 e. The maximum Gasteiger partial charge on any atom is 0.244 e. The molecule has 0 unspecified atom stereocenters. The van der Waals surface area contributed by atoms with Crippen molar-refractivity contribution < 1.29 is 4.79 Å². The molecule has 0 bridgehead atoms. The predicted molar refractivity (Wildman–Crippen MR) is 71.5 cm³/mol. The highest BCUT2D eigenvalue weighted by Gasteiger charge is 2.19. The van der Waals surface area contributed by atoms with Crippen molar-refractivity contribution in [3.8, 4) is 0 Å². The first-order valence-electron chi connectivity index (χ1n) is 6.74. The van der Waals surface area contributed by atoms with Gasteiger partial charge in [0.25, 0.3) is 0 Å². The van der Waals surface area contributed by atoms with E-state index in [1.165, 1.54) is 0 Å². The van der Waals surface area contributed by atoms with Crippen molar-refractivity contribution >= 4 is 5.91 Å². The maximum absolute atomic E-state index is 12.1. The zero-order valence-corrected chi connectivity index (χ0v) is 11.5. The van der Waals surface area contributed by atoms with E-state index < -0.39 is 0 Å². The fraction of sp³-hybridized carbons (Fsp3) is 0.750. The van der Waals surface area contributed by atoms with E-state index in [0.29, 0.717) is 6.54 Å². The number of rotatable bonds is 5. The number of nitrogens with zero attached hydrogens (tertiary/aromatic N) is 5. The fourth-order valence-corrected chi connectivity index (χ4v) is 2.11. The van der Waals surface area contributed by atoms with Crippen LogP contribution in [0.4, 0.5) is 0 Å². The average Bonchev–Trinajstić information content (AvgIpc) is 2.84. The number of carbonyl (C=O) groups is 1. The van der Waals surface area contributed by atoms with Crippen LogP contribution in [0, 0.1) is 0 Å². The number of hydrogen-bond donors (Lipinski definition) is 1. The van der Waals surface area contributed by atoms with Crippen LogP contribution in [0.3, 0.4) is 0 Å². The summed E-state index contributed by atoms with van der Waals surface area (Å²) in [5, 5.41) is 8.03. The van der Waals surface area contributed by atoms with Crippen molar-refractivity contribution in [3.63, 3.8) is 0 Å². The van der Waals surface area contributed by atoms with Crippen LogP contribution in [0.15, 0.2) is 6.20 Å². The van der Waals surface area contributed by atoms with Crippen LogP contribution in [0.25, 0.3) is 0 Å². The zero-order chi connectivity index (χ0) is 13.7. The third-order valence-corrected chi connectivity index (χ3v) is 3.38. The van der Waals surface area contributed by atoms with Crippen LogP contribution in [0.5, 0.6) is 0 Å². The van der Waals surface area contributed by atoms with Crippen LogP contribution in [-0.4, -0.2) is 70.5 Å². The van der Waals surface area contributed by atoms with Gasteiger partial charge < -0.3 is 15.5 Å². The molecule has 1 aliphatic rings. The molecule has 106 valence electrons. The summed E-state index contributed by atoms with van der Waals surface area (Å²) >= 11 is 0. The highest BCUT2D eigenvalue weighted by molar-refractivity contribution is 5.76. The number of amides is 1. The number of carbonyl (C=O) groups excluding carboxylic acids is 1. The van der Waals surface area contributed by atoms with Gasteiger partial charge in [0.2, 0.25) is 5.91 Å². The third-order valence-electron chi connectivity index (χ3n) is 3.38. The molecule has 1 aliphatic heterocycles. The van der Waals surface area contributed by atoms with Gasteiger partial charge in [-0.05, 0) is 26.4 Å². The lowest BCUT2D eigenvalue weighted by Gasteiger charge is -2.32. The Kier molecular flexibility index (Phi) is 4.86. The Hall–Kier alpha value is -1.47. The highest BCUT2D eigenvalue weighted by Crippen LogP contribution is 2.02. The molecule has 0 aromatic carbocycles. The largest absolute Gasteiger partial charge is 0.339 e. The Balaban J connectivity index is 1.83.